The molecule has 0 fully saturated rings. The van der Waals surface area contributed by atoms with Gasteiger partial charge in [0, 0.05) is 0 Å². The van der Waals surface area contributed by atoms with Gasteiger partial charge in [-0.25, -0.2) is 0 Å². The second kappa shape index (κ2) is 7.11. The molecule has 0 radical (unpaired) electrons. The Hall–Kier alpha value is -3.00. The van der Waals surface area contributed by atoms with E-state index in [4.69, 9.17) is 9.47 Å². The number of hydrogen-bond donors (Lipinski definition) is 0. The molecule has 0 unspecified atom stereocenters. The molecule has 0 saturated carbocycles. The molecule has 0 atom stereocenters. The summed E-state index contributed by atoms with van der Waals surface area (Å²) in [6.07, 6.45) is -9.22. The van der Waals surface area contributed by atoms with E-state index in [-0.39, 0.29) is 29.5 Å². The van der Waals surface area contributed by atoms with Crippen LogP contribution in [0.1, 0.15) is 25.0 Å². The Bertz CT molecular complexity index is 989. The summed E-state index contributed by atoms with van der Waals surface area (Å²) >= 11 is 0. The number of nitrogens with zero attached hydrogens (tertiary/aromatic N) is 2. The fourth-order valence-corrected chi connectivity index (χ4v) is 2.48. The number of benzene rings is 2. The Morgan fingerprint density at radius 1 is 0.828 bits per heavy atom. The lowest BCUT2D eigenvalue weighted by molar-refractivity contribution is -0.138. The average Bonchev–Trinajstić information content (AvgIpc) is 2.61. The van der Waals surface area contributed by atoms with Crippen molar-refractivity contribution in [2.24, 2.45) is 9.98 Å². The largest absolute Gasteiger partial charge is 0.487 e. The lowest BCUT2D eigenvalue weighted by atomic mass is 10.1. The molecule has 1 aliphatic heterocycles. The highest BCUT2D eigenvalue weighted by molar-refractivity contribution is 5.66. The molecule has 1 aliphatic rings. The number of ether oxygens (including phenoxy) is 2. The van der Waals surface area contributed by atoms with Crippen LogP contribution in [0.4, 0.5) is 37.7 Å². The van der Waals surface area contributed by atoms with Crippen LogP contribution in [-0.2, 0) is 12.4 Å². The van der Waals surface area contributed by atoms with Gasteiger partial charge >= 0.3 is 12.4 Å². The first-order valence-electron chi connectivity index (χ1n) is 8.26. The van der Waals surface area contributed by atoms with Crippen molar-refractivity contribution in [2.75, 3.05) is 6.61 Å². The van der Waals surface area contributed by atoms with Gasteiger partial charge in [0.2, 0.25) is 0 Å². The van der Waals surface area contributed by atoms with Gasteiger partial charge in [0.15, 0.2) is 0 Å². The standard InChI is InChI=1S/C19H14F6N2O2/c1-17(2)9-28-15-5-3-11(18(20,21)22)7-13(15)26-10-27-14-8-12(19(23,24)25)4-6-16(14)29-17/h3-8H,9H2,1-2H3. The lowest BCUT2D eigenvalue weighted by Gasteiger charge is -2.27. The van der Waals surface area contributed by atoms with E-state index in [1.165, 1.54) is 0 Å². The first-order valence-corrected chi connectivity index (χ1v) is 8.26. The molecule has 0 aromatic heterocycles. The minimum atomic E-state index is -4.61. The molecule has 29 heavy (non-hydrogen) atoms. The van der Waals surface area contributed by atoms with Crippen LogP contribution in [0.15, 0.2) is 46.4 Å². The van der Waals surface area contributed by atoms with E-state index in [2.05, 4.69) is 16.0 Å². The maximum Gasteiger partial charge on any atom is 0.416 e. The van der Waals surface area contributed by atoms with Crippen molar-refractivity contribution in [1.29, 1.82) is 0 Å². The maximum atomic E-state index is 13.0. The van der Waals surface area contributed by atoms with E-state index < -0.39 is 29.1 Å². The van der Waals surface area contributed by atoms with E-state index in [0.29, 0.717) is 0 Å². The summed E-state index contributed by atoms with van der Waals surface area (Å²) < 4.78 is 89.2. The van der Waals surface area contributed by atoms with Crippen LogP contribution in [0, 0.1) is 0 Å². The Morgan fingerprint density at radius 3 is 1.83 bits per heavy atom. The minimum Gasteiger partial charge on any atom is -0.487 e. The third-order valence-corrected chi connectivity index (χ3v) is 3.87. The van der Waals surface area contributed by atoms with Gasteiger partial charge in [0.25, 0.3) is 0 Å². The van der Waals surface area contributed by atoms with Gasteiger partial charge in [0.1, 0.15) is 41.1 Å². The van der Waals surface area contributed by atoms with Gasteiger partial charge in [-0.15, -0.1) is 0 Å². The molecule has 4 nitrogen and oxygen atoms in total. The fourth-order valence-electron chi connectivity index (χ4n) is 2.48. The summed E-state index contributed by atoms with van der Waals surface area (Å²) in [5, 5.41) is 0. The summed E-state index contributed by atoms with van der Waals surface area (Å²) in [5.41, 5.74) is -3.39. The Kier molecular flexibility index (Phi) is 5.08. The highest BCUT2D eigenvalue weighted by atomic mass is 19.4. The predicted molar refractivity (Wildman–Crippen MR) is 92.3 cm³/mol. The second-order valence-corrected chi connectivity index (χ2v) is 6.83. The van der Waals surface area contributed by atoms with E-state index >= 15 is 0 Å². The molecule has 0 N–H and O–H groups in total. The number of halogens is 6. The molecule has 0 bridgehead atoms. The van der Waals surface area contributed by atoms with Crippen LogP contribution in [0.5, 0.6) is 11.5 Å². The van der Waals surface area contributed by atoms with Crippen LogP contribution in [0.3, 0.4) is 0 Å². The number of hydrogen-bond acceptors (Lipinski definition) is 4. The molecule has 10 heteroatoms. The maximum absolute atomic E-state index is 13.0. The topological polar surface area (TPSA) is 43.2 Å². The van der Waals surface area contributed by atoms with Gasteiger partial charge < -0.3 is 9.47 Å². The van der Waals surface area contributed by atoms with Crippen molar-refractivity contribution in [3.05, 3.63) is 47.5 Å². The summed E-state index contributed by atoms with van der Waals surface area (Å²) in [5.74, 6) is 0.0514. The van der Waals surface area contributed by atoms with E-state index in [9.17, 15) is 26.3 Å². The van der Waals surface area contributed by atoms with Crippen LogP contribution in [-0.4, -0.2) is 18.2 Å². The second-order valence-electron chi connectivity index (χ2n) is 6.83. The molecule has 0 aliphatic carbocycles. The number of fused-ring (bicyclic) bond motifs is 2. The van der Waals surface area contributed by atoms with Crippen LogP contribution in [0.25, 0.3) is 0 Å². The van der Waals surface area contributed by atoms with Crippen LogP contribution in [0.2, 0.25) is 0 Å². The number of aliphatic imine (C=N–C) groups is 2. The molecule has 2 aromatic rings. The van der Waals surface area contributed by atoms with Crippen LogP contribution < -0.4 is 9.47 Å². The molecule has 3 rings (SSSR count). The first-order chi connectivity index (χ1) is 13.4. The Balaban J connectivity index is 2.14. The summed E-state index contributed by atoms with van der Waals surface area (Å²) in [6.45, 7) is 3.11. The normalized spacial score (nSPS) is 16.1. The van der Waals surface area contributed by atoms with Gasteiger partial charge in [-0.2, -0.15) is 36.3 Å². The molecule has 0 spiro atoms. The summed E-state index contributed by atoms with van der Waals surface area (Å²) in [7, 11) is 0. The van der Waals surface area contributed by atoms with E-state index in [1.807, 2.05) is 0 Å². The van der Waals surface area contributed by atoms with E-state index in [0.717, 1.165) is 36.4 Å². The fraction of sp³-hybridized carbons (Fsp3) is 0.316. The minimum absolute atomic E-state index is 0.0243. The smallest absolute Gasteiger partial charge is 0.416 e. The SMILES string of the molecule is CC1(C)COc2ccc(C(F)(F)F)cc2N=C=Nc2cc(C(F)(F)F)ccc2O1. The summed E-state index contributed by atoms with van der Waals surface area (Å²) in [4.78, 5) is 7.47. The quantitative estimate of drug-likeness (QED) is 0.466. The van der Waals surface area contributed by atoms with Gasteiger partial charge in [-0.05, 0) is 50.2 Å². The number of alkyl halides is 6. The van der Waals surface area contributed by atoms with E-state index in [1.54, 1.807) is 13.8 Å². The lowest BCUT2D eigenvalue weighted by Crippen LogP contribution is -2.35. The molecule has 1 heterocycles. The van der Waals surface area contributed by atoms with Crippen molar-refractivity contribution in [2.45, 2.75) is 31.8 Å². The monoisotopic (exact) mass is 416 g/mol. The zero-order valence-corrected chi connectivity index (χ0v) is 15.1. The van der Waals surface area contributed by atoms with Crippen molar-refractivity contribution >= 4 is 17.4 Å². The zero-order chi connectivity index (χ0) is 21.4. The highest BCUT2D eigenvalue weighted by Gasteiger charge is 2.33. The van der Waals surface area contributed by atoms with Gasteiger partial charge in [-0.1, -0.05) is 0 Å². The van der Waals surface area contributed by atoms with Gasteiger partial charge in [0.05, 0.1) is 11.1 Å². The van der Waals surface area contributed by atoms with Crippen molar-refractivity contribution in [3.8, 4) is 11.5 Å². The van der Waals surface area contributed by atoms with Gasteiger partial charge in [-0.3, -0.25) is 0 Å². The van der Waals surface area contributed by atoms with Crippen molar-refractivity contribution in [1.82, 2.24) is 0 Å². The first kappa shape index (κ1) is 20.7. The molecule has 0 amide bonds. The molecule has 0 saturated heterocycles. The average molecular weight is 416 g/mol. The van der Waals surface area contributed by atoms with Crippen LogP contribution >= 0.6 is 0 Å². The molecular weight excluding hydrogens is 402 g/mol. The Morgan fingerprint density at radius 2 is 1.31 bits per heavy atom. The van der Waals surface area contributed by atoms with Crippen molar-refractivity contribution in [3.63, 3.8) is 0 Å². The Labute approximate surface area is 161 Å². The highest BCUT2D eigenvalue weighted by Crippen LogP contribution is 2.39. The number of rotatable bonds is 0. The zero-order valence-electron chi connectivity index (χ0n) is 15.1. The summed E-state index contributed by atoms with van der Waals surface area (Å²) in [6, 6.07) is 7.52. The molecular formula is C19H14F6N2O2. The van der Waals surface area contributed by atoms with Crippen molar-refractivity contribution < 1.29 is 35.8 Å². The predicted octanol–water partition coefficient (Wildman–Crippen LogP) is 6.41. The third kappa shape index (κ3) is 4.89. The molecule has 154 valence electrons. The molecule has 2 aromatic carbocycles. The third-order valence-electron chi connectivity index (χ3n) is 3.87.